The molecule has 0 aliphatic rings. The zero-order valence-corrected chi connectivity index (χ0v) is 10.5. The average molecular weight is 216 g/mol. The highest BCUT2D eigenvalue weighted by Crippen LogP contribution is 2.24. The van der Waals surface area contributed by atoms with Gasteiger partial charge in [0.25, 0.3) is 0 Å². The van der Waals surface area contributed by atoms with E-state index in [1.165, 1.54) is 11.1 Å². The Morgan fingerprint density at radius 3 is 2.19 bits per heavy atom. The number of nitriles is 1. The Morgan fingerprint density at radius 2 is 1.81 bits per heavy atom. The molecule has 86 valence electrons. The van der Waals surface area contributed by atoms with E-state index in [-0.39, 0.29) is 11.5 Å². The van der Waals surface area contributed by atoms with Crippen LogP contribution >= 0.6 is 0 Å². The van der Waals surface area contributed by atoms with Gasteiger partial charge in [-0.25, -0.2) is 0 Å². The summed E-state index contributed by atoms with van der Waals surface area (Å²) in [4.78, 5) is 0. The molecule has 1 rings (SSSR count). The molecule has 1 aromatic rings. The minimum absolute atomic E-state index is 0.138. The van der Waals surface area contributed by atoms with Crippen LogP contribution in [0.2, 0.25) is 0 Å². The fourth-order valence-corrected chi connectivity index (χ4v) is 1.69. The molecule has 1 N–H and O–H groups in total. The van der Waals surface area contributed by atoms with Crippen LogP contribution in [0.3, 0.4) is 0 Å². The van der Waals surface area contributed by atoms with Gasteiger partial charge in [-0.15, -0.1) is 0 Å². The van der Waals surface area contributed by atoms with E-state index < -0.39 is 0 Å². The topological polar surface area (TPSA) is 35.8 Å². The molecular weight excluding hydrogens is 196 g/mol. The van der Waals surface area contributed by atoms with Crippen LogP contribution in [0, 0.1) is 11.3 Å². The highest BCUT2D eigenvalue weighted by Gasteiger charge is 2.14. The van der Waals surface area contributed by atoms with Crippen LogP contribution in [-0.2, 0) is 5.41 Å². The molecule has 0 bridgehead atoms. The van der Waals surface area contributed by atoms with Crippen LogP contribution < -0.4 is 5.32 Å². The van der Waals surface area contributed by atoms with Crippen molar-refractivity contribution in [3.8, 4) is 6.07 Å². The molecule has 2 heteroatoms. The Morgan fingerprint density at radius 1 is 1.25 bits per heavy atom. The second-order valence-corrected chi connectivity index (χ2v) is 5.08. The third kappa shape index (κ3) is 3.08. The summed E-state index contributed by atoms with van der Waals surface area (Å²) in [6.07, 6.45) is 0.505. The standard InChI is InChI=1S/C14H20N2/c1-14(2,3)12-7-5-11(6-8-12)13(16-4)9-10-15/h5-8,13,16H,9H2,1-4H3. The van der Waals surface area contributed by atoms with Crippen molar-refractivity contribution in [2.24, 2.45) is 0 Å². The zero-order valence-electron chi connectivity index (χ0n) is 10.5. The molecule has 2 nitrogen and oxygen atoms in total. The van der Waals surface area contributed by atoms with Crippen molar-refractivity contribution in [1.82, 2.24) is 5.32 Å². The Labute approximate surface area is 98.3 Å². The van der Waals surface area contributed by atoms with Crippen molar-refractivity contribution < 1.29 is 0 Å². The van der Waals surface area contributed by atoms with Crippen molar-refractivity contribution in [2.45, 2.75) is 38.6 Å². The molecule has 0 amide bonds. The molecule has 0 aliphatic heterocycles. The first-order chi connectivity index (χ1) is 7.49. The van der Waals surface area contributed by atoms with E-state index in [9.17, 15) is 0 Å². The van der Waals surface area contributed by atoms with E-state index >= 15 is 0 Å². The molecule has 0 radical (unpaired) electrons. The molecule has 16 heavy (non-hydrogen) atoms. The highest BCUT2D eigenvalue weighted by molar-refractivity contribution is 5.29. The average Bonchev–Trinajstić information content (AvgIpc) is 2.25. The van der Waals surface area contributed by atoms with Crippen LogP contribution in [0.4, 0.5) is 0 Å². The second-order valence-electron chi connectivity index (χ2n) is 5.08. The highest BCUT2D eigenvalue weighted by atomic mass is 14.9. The first-order valence-corrected chi connectivity index (χ1v) is 5.63. The Balaban J connectivity index is 2.90. The molecule has 0 aromatic heterocycles. The van der Waals surface area contributed by atoms with Gasteiger partial charge in [-0.2, -0.15) is 5.26 Å². The number of benzene rings is 1. The van der Waals surface area contributed by atoms with Crippen molar-refractivity contribution >= 4 is 0 Å². The molecule has 0 saturated carbocycles. The van der Waals surface area contributed by atoms with Gasteiger partial charge in [0.2, 0.25) is 0 Å². The molecule has 1 atom stereocenters. The van der Waals surface area contributed by atoms with Crippen LogP contribution in [0.15, 0.2) is 24.3 Å². The summed E-state index contributed by atoms with van der Waals surface area (Å²) >= 11 is 0. The molecule has 0 fully saturated rings. The largest absolute Gasteiger partial charge is 0.312 e. The quantitative estimate of drug-likeness (QED) is 0.842. The van der Waals surface area contributed by atoms with Gasteiger partial charge in [-0.3, -0.25) is 0 Å². The Bertz CT molecular complexity index is 365. The lowest BCUT2D eigenvalue weighted by Gasteiger charge is -2.20. The maximum atomic E-state index is 8.72. The normalized spacial score (nSPS) is 13.2. The fraction of sp³-hybridized carbons (Fsp3) is 0.500. The lowest BCUT2D eigenvalue weighted by atomic mass is 9.86. The van der Waals surface area contributed by atoms with E-state index in [1.54, 1.807) is 0 Å². The lowest BCUT2D eigenvalue weighted by Crippen LogP contribution is -2.16. The van der Waals surface area contributed by atoms with Crippen LogP contribution in [0.1, 0.15) is 44.4 Å². The minimum atomic E-state index is 0.138. The van der Waals surface area contributed by atoms with Crippen LogP contribution in [0.5, 0.6) is 0 Å². The Hall–Kier alpha value is -1.33. The van der Waals surface area contributed by atoms with Crippen molar-refractivity contribution in [2.75, 3.05) is 7.05 Å². The van der Waals surface area contributed by atoms with E-state index in [0.717, 1.165) is 0 Å². The maximum absolute atomic E-state index is 8.72. The molecule has 0 saturated heterocycles. The number of rotatable bonds is 3. The number of nitrogens with one attached hydrogen (secondary N) is 1. The zero-order chi connectivity index (χ0) is 12.2. The summed E-state index contributed by atoms with van der Waals surface area (Å²) in [5, 5.41) is 11.9. The molecule has 1 unspecified atom stereocenters. The van der Waals surface area contributed by atoms with E-state index in [1.807, 2.05) is 7.05 Å². The maximum Gasteiger partial charge on any atom is 0.0641 e. The summed E-state index contributed by atoms with van der Waals surface area (Å²) in [5.74, 6) is 0. The number of hydrogen-bond donors (Lipinski definition) is 1. The fourth-order valence-electron chi connectivity index (χ4n) is 1.69. The van der Waals surface area contributed by atoms with Gasteiger partial charge in [0.05, 0.1) is 12.5 Å². The summed E-state index contributed by atoms with van der Waals surface area (Å²) < 4.78 is 0. The van der Waals surface area contributed by atoms with Crippen molar-refractivity contribution in [1.29, 1.82) is 5.26 Å². The first kappa shape index (κ1) is 12.7. The number of nitrogens with zero attached hydrogens (tertiary/aromatic N) is 1. The number of hydrogen-bond acceptors (Lipinski definition) is 2. The lowest BCUT2D eigenvalue weighted by molar-refractivity contribution is 0.584. The predicted molar refractivity (Wildman–Crippen MR) is 67.2 cm³/mol. The molecule has 0 aliphatic carbocycles. The van der Waals surface area contributed by atoms with Gasteiger partial charge >= 0.3 is 0 Å². The third-order valence-electron chi connectivity index (χ3n) is 2.82. The summed E-state index contributed by atoms with van der Waals surface area (Å²) in [7, 11) is 1.89. The predicted octanol–water partition coefficient (Wildman–Crippen LogP) is 3.16. The van der Waals surface area contributed by atoms with E-state index in [4.69, 9.17) is 5.26 Å². The van der Waals surface area contributed by atoms with E-state index in [2.05, 4.69) is 56.4 Å². The molecular formula is C14H20N2. The minimum Gasteiger partial charge on any atom is -0.312 e. The van der Waals surface area contributed by atoms with Gasteiger partial charge < -0.3 is 5.32 Å². The van der Waals surface area contributed by atoms with Gasteiger partial charge in [0.1, 0.15) is 0 Å². The molecule has 0 spiro atoms. The van der Waals surface area contributed by atoms with Gasteiger partial charge in [-0.05, 0) is 23.6 Å². The summed E-state index contributed by atoms with van der Waals surface area (Å²) in [6, 6.07) is 10.9. The second kappa shape index (κ2) is 5.14. The summed E-state index contributed by atoms with van der Waals surface area (Å²) in [6.45, 7) is 6.60. The van der Waals surface area contributed by atoms with Gasteiger partial charge in [0.15, 0.2) is 0 Å². The molecule has 0 heterocycles. The van der Waals surface area contributed by atoms with Crippen molar-refractivity contribution in [3.05, 3.63) is 35.4 Å². The van der Waals surface area contributed by atoms with Crippen LogP contribution in [0.25, 0.3) is 0 Å². The van der Waals surface area contributed by atoms with Gasteiger partial charge in [-0.1, -0.05) is 45.0 Å². The third-order valence-corrected chi connectivity index (χ3v) is 2.82. The van der Waals surface area contributed by atoms with Crippen molar-refractivity contribution in [3.63, 3.8) is 0 Å². The Kier molecular flexibility index (Phi) is 4.09. The van der Waals surface area contributed by atoms with Crippen LogP contribution in [-0.4, -0.2) is 7.05 Å². The summed E-state index contributed by atoms with van der Waals surface area (Å²) in [5.41, 5.74) is 2.68. The SMILES string of the molecule is CNC(CC#N)c1ccc(C(C)(C)C)cc1. The molecule has 1 aromatic carbocycles. The first-order valence-electron chi connectivity index (χ1n) is 5.63. The monoisotopic (exact) mass is 216 g/mol. The smallest absolute Gasteiger partial charge is 0.0641 e. The van der Waals surface area contributed by atoms with Gasteiger partial charge in [0, 0.05) is 6.04 Å². The van der Waals surface area contributed by atoms with E-state index in [0.29, 0.717) is 6.42 Å².